The maximum absolute atomic E-state index is 12.9. The van der Waals surface area contributed by atoms with E-state index in [1.54, 1.807) is 7.05 Å². The molecule has 1 aromatic heterocycles. The van der Waals surface area contributed by atoms with Crippen molar-refractivity contribution in [3.8, 4) is 11.4 Å². The van der Waals surface area contributed by atoms with Crippen molar-refractivity contribution in [1.82, 2.24) is 19.2 Å². The molecule has 0 bridgehead atoms. The number of carbonyl (C=O) groups excluding carboxylic acids is 3. The molecule has 28 heavy (non-hydrogen) atoms. The number of nitrogens with one attached hydrogen (secondary N) is 1. The van der Waals surface area contributed by atoms with Crippen molar-refractivity contribution in [3.63, 3.8) is 0 Å². The summed E-state index contributed by atoms with van der Waals surface area (Å²) in [6.45, 7) is -0.315. The summed E-state index contributed by atoms with van der Waals surface area (Å²) in [6, 6.07) is 9.03. The first-order chi connectivity index (χ1) is 13.5. The molecule has 1 aromatic carbocycles. The highest BCUT2D eigenvalue weighted by Crippen LogP contribution is 2.39. The van der Waals surface area contributed by atoms with Crippen LogP contribution in [0.25, 0.3) is 11.4 Å². The number of aromatic nitrogens is 2. The van der Waals surface area contributed by atoms with Gasteiger partial charge in [0.1, 0.15) is 12.1 Å². The van der Waals surface area contributed by atoms with Crippen molar-refractivity contribution in [2.45, 2.75) is 37.6 Å². The molecule has 2 aliphatic rings. The molecule has 1 aliphatic heterocycles. The molecule has 1 saturated carbocycles. The normalized spacial score (nSPS) is 18.8. The maximum atomic E-state index is 12.9. The number of likely N-dealkylation sites (N-methyl/N-ethyl adjacent to an activating group) is 1. The predicted molar refractivity (Wildman–Crippen MR) is 105 cm³/mol. The van der Waals surface area contributed by atoms with Crippen LogP contribution in [0.2, 0.25) is 0 Å². The summed E-state index contributed by atoms with van der Waals surface area (Å²) < 4.78 is 4.24. The Morgan fingerprint density at radius 2 is 1.89 bits per heavy atom. The van der Waals surface area contributed by atoms with E-state index >= 15 is 0 Å². The Morgan fingerprint density at radius 1 is 1.18 bits per heavy atom. The number of urea groups is 1. The molecule has 1 N–H and O–H groups in total. The van der Waals surface area contributed by atoms with Crippen LogP contribution in [-0.2, 0) is 9.59 Å². The van der Waals surface area contributed by atoms with Crippen LogP contribution in [0.4, 0.5) is 9.93 Å². The topological polar surface area (TPSA) is 95.5 Å². The van der Waals surface area contributed by atoms with Crippen LogP contribution in [0.15, 0.2) is 30.3 Å². The minimum absolute atomic E-state index is 0.267. The van der Waals surface area contributed by atoms with Gasteiger partial charge < -0.3 is 4.90 Å². The first-order valence-electron chi connectivity index (χ1n) is 9.30. The van der Waals surface area contributed by atoms with Crippen molar-refractivity contribution >= 4 is 34.5 Å². The van der Waals surface area contributed by atoms with Crippen LogP contribution in [0.1, 0.15) is 32.1 Å². The van der Waals surface area contributed by atoms with Gasteiger partial charge in [-0.3, -0.25) is 19.8 Å². The molecule has 4 rings (SSSR count). The summed E-state index contributed by atoms with van der Waals surface area (Å²) in [6.07, 6.45) is 4.21. The molecule has 0 unspecified atom stereocenters. The highest BCUT2D eigenvalue weighted by molar-refractivity contribution is 7.10. The molecule has 4 amide bonds. The van der Waals surface area contributed by atoms with Crippen LogP contribution < -0.4 is 5.32 Å². The van der Waals surface area contributed by atoms with E-state index in [1.807, 2.05) is 30.3 Å². The minimum atomic E-state index is -0.779. The molecule has 146 valence electrons. The number of rotatable bonds is 4. The number of benzene rings is 1. The van der Waals surface area contributed by atoms with Crippen LogP contribution in [-0.4, -0.2) is 56.1 Å². The minimum Gasteiger partial charge on any atom is -0.313 e. The summed E-state index contributed by atoms with van der Waals surface area (Å²) in [5.74, 6) is -0.203. The van der Waals surface area contributed by atoms with E-state index in [0.717, 1.165) is 41.3 Å². The molecule has 2 aromatic rings. The third-order valence-corrected chi connectivity index (χ3v) is 6.12. The van der Waals surface area contributed by atoms with E-state index < -0.39 is 17.5 Å². The van der Waals surface area contributed by atoms with Gasteiger partial charge in [0, 0.05) is 24.1 Å². The van der Waals surface area contributed by atoms with Gasteiger partial charge in [-0.15, -0.1) is 0 Å². The summed E-state index contributed by atoms with van der Waals surface area (Å²) >= 11 is 1.06. The van der Waals surface area contributed by atoms with Gasteiger partial charge in [0.15, 0.2) is 5.82 Å². The van der Waals surface area contributed by atoms with E-state index in [0.29, 0.717) is 23.8 Å². The molecule has 0 radical (unpaired) electrons. The van der Waals surface area contributed by atoms with E-state index in [2.05, 4.69) is 14.7 Å². The number of nitrogens with zero attached hydrogens (tertiary/aromatic N) is 4. The molecular formula is C19H21N5O3S. The fourth-order valence-electron chi connectivity index (χ4n) is 3.95. The zero-order valence-electron chi connectivity index (χ0n) is 15.6. The van der Waals surface area contributed by atoms with Crippen LogP contribution >= 0.6 is 11.5 Å². The van der Waals surface area contributed by atoms with Crippen molar-refractivity contribution < 1.29 is 14.4 Å². The molecule has 2 fully saturated rings. The van der Waals surface area contributed by atoms with Gasteiger partial charge in [-0.05, 0) is 12.8 Å². The summed E-state index contributed by atoms with van der Waals surface area (Å²) in [7, 11) is 1.65. The van der Waals surface area contributed by atoms with E-state index in [-0.39, 0.29) is 12.5 Å². The van der Waals surface area contributed by atoms with Crippen molar-refractivity contribution in [2.75, 3.05) is 18.9 Å². The third-order valence-electron chi connectivity index (χ3n) is 5.49. The Morgan fingerprint density at radius 3 is 2.61 bits per heavy atom. The maximum Gasteiger partial charge on any atom is 0.327 e. The zero-order valence-corrected chi connectivity index (χ0v) is 16.4. The SMILES string of the molecule is CN1C(=O)N(CC(=O)Nc2nc(-c3ccccc3)ns2)C(=O)C12CCCCC2. The van der Waals surface area contributed by atoms with Gasteiger partial charge in [-0.25, -0.2) is 4.79 Å². The number of hydrogen-bond acceptors (Lipinski definition) is 6. The lowest BCUT2D eigenvalue weighted by Gasteiger charge is -2.35. The lowest BCUT2D eigenvalue weighted by Crippen LogP contribution is -2.49. The number of anilines is 1. The monoisotopic (exact) mass is 399 g/mol. The first-order valence-corrected chi connectivity index (χ1v) is 10.1. The molecule has 1 spiro atoms. The second kappa shape index (κ2) is 7.31. The summed E-state index contributed by atoms with van der Waals surface area (Å²) in [5.41, 5.74) is 0.0729. The van der Waals surface area contributed by atoms with E-state index in [4.69, 9.17) is 0 Å². The molecule has 0 atom stereocenters. The zero-order chi connectivity index (χ0) is 19.7. The second-order valence-corrected chi connectivity index (χ2v) is 7.91. The van der Waals surface area contributed by atoms with E-state index in [1.165, 1.54) is 4.90 Å². The Balaban J connectivity index is 1.43. The largest absolute Gasteiger partial charge is 0.327 e. The Labute approximate surface area is 166 Å². The Bertz CT molecular complexity index is 907. The van der Waals surface area contributed by atoms with Gasteiger partial charge >= 0.3 is 6.03 Å². The van der Waals surface area contributed by atoms with Crippen LogP contribution in [0.5, 0.6) is 0 Å². The number of amides is 4. The number of hydrogen-bond donors (Lipinski definition) is 1. The van der Waals surface area contributed by atoms with Gasteiger partial charge in [0.2, 0.25) is 11.0 Å². The van der Waals surface area contributed by atoms with E-state index in [9.17, 15) is 14.4 Å². The average Bonchev–Trinajstić information content (AvgIpc) is 3.25. The fraction of sp³-hybridized carbons (Fsp3) is 0.421. The van der Waals surface area contributed by atoms with Gasteiger partial charge in [0.05, 0.1) is 0 Å². The molecule has 2 heterocycles. The number of imide groups is 1. The predicted octanol–water partition coefficient (Wildman–Crippen LogP) is 2.74. The third kappa shape index (κ3) is 3.15. The van der Waals surface area contributed by atoms with Gasteiger partial charge in [-0.2, -0.15) is 9.36 Å². The Kier molecular flexibility index (Phi) is 4.84. The van der Waals surface area contributed by atoms with Crippen LogP contribution in [0.3, 0.4) is 0 Å². The highest BCUT2D eigenvalue weighted by atomic mass is 32.1. The summed E-state index contributed by atoms with van der Waals surface area (Å²) in [5, 5.41) is 2.98. The quantitative estimate of drug-likeness (QED) is 0.798. The van der Waals surface area contributed by atoms with Crippen LogP contribution in [0, 0.1) is 0 Å². The first kappa shape index (κ1) is 18.5. The summed E-state index contributed by atoms with van der Waals surface area (Å²) in [4.78, 5) is 44.9. The van der Waals surface area contributed by atoms with Crippen molar-refractivity contribution in [3.05, 3.63) is 30.3 Å². The molecular weight excluding hydrogens is 378 g/mol. The van der Waals surface area contributed by atoms with Gasteiger partial charge in [-0.1, -0.05) is 49.6 Å². The smallest absolute Gasteiger partial charge is 0.313 e. The highest BCUT2D eigenvalue weighted by Gasteiger charge is 2.55. The lowest BCUT2D eigenvalue weighted by atomic mass is 9.81. The molecule has 1 aliphatic carbocycles. The van der Waals surface area contributed by atoms with Crippen molar-refractivity contribution in [2.24, 2.45) is 0 Å². The molecule has 1 saturated heterocycles. The molecule has 9 heteroatoms. The lowest BCUT2D eigenvalue weighted by molar-refractivity contribution is -0.136. The second-order valence-electron chi connectivity index (χ2n) is 7.16. The van der Waals surface area contributed by atoms with Crippen molar-refractivity contribution in [1.29, 1.82) is 0 Å². The fourth-order valence-corrected chi connectivity index (χ4v) is 4.56. The number of carbonyl (C=O) groups is 3. The standard InChI is InChI=1S/C19H21N5O3S/c1-23-18(27)24(16(26)19(23)10-6-3-7-11-19)12-14(25)20-17-21-15(22-28-17)13-8-4-2-5-9-13/h2,4-5,8-9H,3,6-7,10-12H2,1H3,(H,20,21,22,25). The van der Waals surface area contributed by atoms with Gasteiger partial charge in [0.25, 0.3) is 5.91 Å². The molecule has 8 nitrogen and oxygen atoms in total. The average molecular weight is 399 g/mol. The Hall–Kier alpha value is -2.81.